The van der Waals surface area contributed by atoms with E-state index in [2.05, 4.69) is 32.6 Å². The van der Waals surface area contributed by atoms with Crippen molar-refractivity contribution in [3.63, 3.8) is 0 Å². The molecule has 0 saturated carbocycles. The second kappa shape index (κ2) is 9.29. The van der Waals surface area contributed by atoms with E-state index in [4.69, 9.17) is 25.8 Å². The number of benzene rings is 1. The summed E-state index contributed by atoms with van der Waals surface area (Å²) in [6, 6.07) is 3.67. The van der Waals surface area contributed by atoms with Crippen LogP contribution in [0.15, 0.2) is 34.7 Å². The highest BCUT2D eigenvalue weighted by molar-refractivity contribution is 6.32. The zero-order chi connectivity index (χ0) is 25.7. The summed E-state index contributed by atoms with van der Waals surface area (Å²) in [5, 5.41) is 0.389. The highest BCUT2D eigenvalue weighted by atomic mass is 35.5. The van der Waals surface area contributed by atoms with Gasteiger partial charge in [0, 0.05) is 55.0 Å². The van der Waals surface area contributed by atoms with Crippen molar-refractivity contribution in [1.29, 1.82) is 0 Å². The molecule has 0 fully saturated rings. The van der Waals surface area contributed by atoms with Gasteiger partial charge >= 0.3 is 0 Å². The van der Waals surface area contributed by atoms with Gasteiger partial charge in [-0.1, -0.05) is 39.3 Å². The minimum Gasteiger partial charge on any atom is -0.493 e. The minimum atomic E-state index is -0.483. The van der Waals surface area contributed by atoms with Crippen molar-refractivity contribution >= 4 is 23.2 Å². The molecule has 0 unspecified atom stereocenters. The first-order chi connectivity index (χ1) is 16.4. The number of Topliss-reactive ketones (excluding diaryl/α,β-unsaturated/α-hetero) is 2. The molecule has 0 amide bonds. The van der Waals surface area contributed by atoms with Gasteiger partial charge in [0.15, 0.2) is 23.1 Å². The lowest BCUT2D eigenvalue weighted by Crippen LogP contribution is -2.45. The van der Waals surface area contributed by atoms with Crippen LogP contribution < -0.4 is 9.47 Å². The molecule has 0 saturated heterocycles. The fourth-order valence-electron chi connectivity index (χ4n) is 5.94. The largest absolute Gasteiger partial charge is 0.493 e. The number of allylic oxidation sites excluding steroid dienone is 4. The van der Waals surface area contributed by atoms with Gasteiger partial charge < -0.3 is 19.1 Å². The lowest BCUT2D eigenvalue weighted by Gasteiger charge is -2.49. The third kappa shape index (κ3) is 4.63. The normalized spacial score (nSPS) is 21.8. The second-order valence-electron chi connectivity index (χ2n) is 11.4. The molecule has 0 bridgehead atoms. The van der Waals surface area contributed by atoms with E-state index < -0.39 is 5.92 Å². The number of ether oxygens (including phenoxy) is 3. The number of hydrogen-bond donors (Lipinski definition) is 0. The smallest absolute Gasteiger partial charge is 0.179 e. The van der Waals surface area contributed by atoms with Crippen LogP contribution >= 0.6 is 11.6 Å². The number of carbonyl (C=O) groups is 2. The van der Waals surface area contributed by atoms with Crippen molar-refractivity contribution in [3.05, 3.63) is 45.3 Å². The zero-order valence-corrected chi connectivity index (χ0v) is 22.6. The summed E-state index contributed by atoms with van der Waals surface area (Å²) in [6.45, 7) is 9.62. The molecular weight excluding hydrogens is 466 g/mol. The first kappa shape index (κ1) is 25.8. The first-order valence-corrected chi connectivity index (χ1v) is 12.5. The average Bonchev–Trinajstić information content (AvgIpc) is 2.75. The summed E-state index contributed by atoms with van der Waals surface area (Å²) in [6.07, 6.45) is 2.37. The monoisotopic (exact) mass is 501 g/mol. The average molecular weight is 502 g/mol. The van der Waals surface area contributed by atoms with Gasteiger partial charge in [0.2, 0.25) is 0 Å². The van der Waals surface area contributed by atoms with Crippen LogP contribution in [0.2, 0.25) is 5.02 Å². The van der Waals surface area contributed by atoms with Crippen molar-refractivity contribution in [2.75, 3.05) is 34.5 Å². The number of methoxy groups -OCH3 is 3. The van der Waals surface area contributed by atoms with Crippen molar-refractivity contribution in [1.82, 2.24) is 4.90 Å². The van der Waals surface area contributed by atoms with Crippen LogP contribution in [-0.2, 0) is 14.3 Å². The third-order valence-corrected chi connectivity index (χ3v) is 7.61. The molecule has 0 radical (unpaired) electrons. The molecule has 1 aliphatic heterocycles. The van der Waals surface area contributed by atoms with Gasteiger partial charge in [0.1, 0.15) is 0 Å². The Morgan fingerprint density at radius 2 is 1.43 bits per heavy atom. The Morgan fingerprint density at radius 3 is 1.89 bits per heavy atom. The first-order valence-electron chi connectivity index (χ1n) is 12.1. The number of hydrogen-bond acceptors (Lipinski definition) is 6. The maximum atomic E-state index is 13.8. The Labute approximate surface area is 213 Å². The molecule has 35 heavy (non-hydrogen) atoms. The quantitative estimate of drug-likeness (QED) is 0.499. The lowest BCUT2D eigenvalue weighted by atomic mass is 9.63. The second-order valence-corrected chi connectivity index (χ2v) is 11.8. The van der Waals surface area contributed by atoms with Gasteiger partial charge in [0.05, 0.1) is 25.8 Å². The molecule has 1 aromatic carbocycles. The SMILES string of the molecule is COCCN1C2=C(C(=O)CC(C)(C)C2)C(c2cc(Cl)c(OC)c(OC)c2)C2=C1CC(C)(C)CC2=O. The standard InChI is InChI=1S/C28H36ClNO5/c1-27(2)12-18-24(20(31)14-27)23(16-10-17(29)26(35-7)22(11-16)34-6)25-19(30(18)8-9-33-5)13-28(3,4)15-21(25)32/h10-11,23H,8-9,12-15H2,1-7H3. The number of halogens is 1. The zero-order valence-electron chi connectivity index (χ0n) is 21.8. The van der Waals surface area contributed by atoms with Crippen molar-refractivity contribution in [2.45, 2.75) is 59.3 Å². The highest BCUT2D eigenvalue weighted by Crippen LogP contribution is 2.55. The topological polar surface area (TPSA) is 65.1 Å². The third-order valence-electron chi connectivity index (χ3n) is 7.33. The van der Waals surface area contributed by atoms with Crippen LogP contribution in [0.5, 0.6) is 11.5 Å². The molecule has 1 heterocycles. The lowest BCUT2D eigenvalue weighted by molar-refractivity contribution is -0.119. The van der Waals surface area contributed by atoms with Gasteiger partial charge in [-0.2, -0.15) is 0 Å². The Balaban J connectivity index is 2.01. The highest BCUT2D eigenvalue weighted by Gasteiger charge is 2.49. The van der Waals surface area contributed by atoms with Gasteiger partial charge in [-0.3, -0.25) is 9.59 Å². The molecule has 1 aromatic rings. The molecule has 0 aromatic heterocycles. The maximum Gasteiger partial charge on any atom is 0.179 e. The summed E-state index contributed by atoms with van der Waals surface area (Å²) < 4.78 is 16.5. The molecule has 4 rings (SSSR count). The van der Waals surface area contributed by atoms with Crippen LogP contribution in [-0.4, -0.2) is 50.9 Å². The Hall–Kier alpha value is -2.31. The Morgan fingerprint density at radius 1 is 0.886 bits per heavy atom. The fraction of sp³-hybridized carbons (Fsp3) is 0.571. The van der Waals surface area contributed by atoms with Crippen LogP contribution in [0.25, 0.3) is 0 Å². The fourth-order valence-corrected chi connectivity index (χ4v) is 6.23. The van der Waals surface area contributed by atoms with Gasteiger partial charge in [0.25, 0.3) is 0 Å². The van der Waals surface area contributed by atoms with Gasteiger partial charge in [-0.25, -0.2) is 0 Å². The summed E-state index contributed by atoms with van der Waals surface area (Å²) in [5.41, 5.74) is 3.85. The Bertz CT molecular complexity index is 1080. The molecule has 190 valence electrons. The Kier molecular flexibility index (Phi) is 6.84. The van der Waals surface area contributed by atoms with Gasteiger partial charge in [-0.15, -0.1) is 0 Å². The molecule has 2 aliphatic carbocycles. The number of rotatable bonds is 6. The van der Waals surface area contributed by atoms with Gasteiger partial charge in [-0.05, 0) is 41.4 Å². The van der Waals surface area contributed by atoms with Crippen LogP contribution in [0.3, 0.4) is 0 Å². The molecule has 6 nitrogen and oxygen atoms in total. The van der Waals surface area contributed by atoms with Crippen LogP contribution in [0.1, 0.15) is 64.9 Å². The minimum absolute atomic E-state index is 0.0822. The molecule has 0 spiro atoms. The van der Waals surface area contributed by atoms with E-state index in [0.717, 1.165) is 29.8 Å². The summed E-state index contributed by atoms with van der Waals surface area (Å²) in [5.74, 6) is 0.597. The van der Waals surface area contributed by atoms with Crippen LogP contribution in [0.4, 0.5) is 0 Å². The molecular formula is C28H36ClNO5. The predicted molar refractivity (Wildman–Crippen MR) is 136 cm³/mol. The summed E-state index contributed by atoms with van der Waals surface area (Å²) in [4.78, 5) is 29.8. The predicted octanol–water partition coefficient (Wildman–Crippen LogP) is 5.69. The molecule has 7 heteroatoms. The molecule has 3 aliphatic rings. The van der Waals surface area contributed by atoms with E-state index in [1.165, 1.54) is 0 Å². The number of carbonyl (C=O) groups excluding carboxylic acids is 2. The van der Waals surface area contributed by atoms with E-state index in [1.807, 2.05) is 12.1 Å². The number of nitrogens with zero attached hydrogens (tertiary/aromatic N) is 1. The maximum absolute atomic E-state index is 13.8. The van der Waals surface area contributed by atoms with Crippen molar-refractivity contribution in [2.24, 2.45) is 10.8 Å². The van der Waals surface area contributed by atoms with Crippen LogP contribution in [0, 0.1) is 10.8 Å². The van der Waals surface area contributed by atoms with E-state index in [1.54, 1.807) is 21.3 Å². The number of ketones is 2. The molecule has 0 N–H and O–H groups in total. The summed E-state index contributed by atoms with van der Waals surface area (Å²) in [7, 11) is 4.77. The molecule has 0 atom stereocenters. The van der Waals surface area contributed by atoms with Crippen molar-refractivity contribution < 1.29 is 23.8 Å². The van der Waals surface area contributed by atoms with E-state index in [0.29, 0.717) is 53.7 Å². The van der Waals surface area contributed by atoms with E-state index in [9.17, 15) is 9.59 Å². The summed E-state index contributed by atoms with van der Waals surface area (Å²) >= 11 is 6.61. The van der Waals surface area contributed by atoms with E-state index in [-0.39, 0.29) is 22.4 Å². The van der Waals surface area contributed by atoms with Crippen molar-refractivity contribution in [3.8, 4) is 11.5 Å². The van der Waals surface area contributed by atoms with E-state index >= 15 is 0 Å².